The third-order valence-corrected chi connectivity index (χ3v) is 4.49. The van der Waals surface area contributed by atoms with Crippen LogP contribution in [0, 0.1) is 18.7 Å². The third-order valence-electron chi connectivity index (χ3n) is 4.49. The Morgan fingerprint density at radius 2 is 2.00 bits per heavy atom. The van der Waals surface area contributed by atoms with E-state index in [0.717, 1.165) is 10.8 Å². The van der Waals surface area contributed by atoms with E-state index < -0.39 is 60.0 Å². The van der Waals surface area contributed by atoms with Crippen molar-refractivity contribution < 1.29 is 36.6 Å². The zero-order valence-corrected chi connectivity index (χ0v) is 17.7. The van der Waals surface area contributed by atoms with Gasteiger partial charge in [0.2, 0.25) is 11.8 Å². The van der Waals surface area contributed by atoms with E-state index >= 15 is 0 Å². The molecule has 3 aromatic heterocycles. The lowest BCUT2D eigenvalue weighted by atomic mass is 10.2. The van der Waals surface area contributed by atoms with Crippen molar-refractivity contribution in [1.82, 2.24) is 24.3 Å². The number of aryl methyl sites for hydroxylation is 1. The van der Waals surface area contributed by atoms with Gasteiger partial charge in [0.05, 0.1) is 5.69 Å². The SMILES string of the molecule is CCn1c(CO)nn(-c2nc(OCC(F)(F)F)c(C(=O)Nc3c(C)ccnc3F)cc2F)c1=O. The van der Waals surface area contributed by atoms with E-state index in [0.29, 0.717) is 10.7 Å². The van der Waals surface area contributed by atoms with E-state index in [9.17, 15) is 36.6 Å². The third kappa shape index (κ3) is 5.03. The highest BCUT2D eigenvalue weighted by Gasteiger charge is 2.31. The average Bonchev–Trinajstić information content (AvgIpc) is 3.09. The van der Waals surface area contributed by atoms with Crippen molar-refractivity contribution in [2.45, 2.75) is 33.2 Å². The molecule has 0 aliphatic rings. The number of ether oxygens (including phenoxy) is 1. The minimum atomic E-state index is -4.85. The van der Waals surface area contributed by atoms with Crippen LogP contribution in [-0.4, -0.2) is 48.1 Å². The predicted octanol–water partition coefficient (Wildman–Crippen LogP) is 2.12. The number of hydrogen-bond donors (Lipinski definition) is 2. The number of aromatic nitrogens is 5. The zero-order chi connectivity index (χ0) is 25.2. The van der Waals surface area contributed by atoms with Crippen LogP contribution >= 0.6 is 0 Å². The molecule has 0 fully saturated rings. The van der Waals surface area contributed by atoms with Gasteiger partial charge in [-0.25, -0.2) is 14.2 Å². The second kappa shape index (κ2) is 9.54. The fraction of sp³-hybridized carbons (Fsp3) is 0.316. The summed E-state index contributed by atoms with van der Waals surface area (Å²) in [6, 6.07) is 1.83. The number of aliphatic hydroxyl groups excluding tert-OH is 1. The van der Waals surface area contributed by atoms with Crippen LogP contribution in [0.15, 0.2) is 23.1 Å². The van der Waals surface area contributed by atoms with Crippen LogP contribution in [0.1, 0.15) is 28.7 Å². The van der Waals surface area contributed by atoms with Crippen molar-refractivity contribution in [2.75, 3.05) is 11.9 Å². The summed E-state index contributed by atoms with van der Waals surface area (Å²) in [6.45, 7) is 0.432. The number of rotatable bonds is 7. The molecule has 3 heterocycles. The molecule has 0 atom stereocenters. The maximum absolute atomic E-state index is 14.9. The molecule has 0 bridgehead atoms. The minimum Gasteiger partial charge on any atom is -0.467 e. The molecule has 10 nitrogen and oxygen atoms in total. The molecule has 182 valence electrons. The molecular weight excluding hydrogens is 471 g/mol. The first-order chi connectivity index (χ1) is 16.0. The van der Waals surface area contributed by atoms with Crippen molar-refractivity contribution >= 4 is 11.6 Å². The van der Waals surface area contributed by atoms with Crippen LogP contribution in [0.5, 0.6) is 5.88 Å². The highest BCUT2D eigenvalue weighted by molar-refractivity contribution is 6.06. The molecule has 0 aromatic carbocycles. The molecule has 0 aliphatic carbocycles. The fourth-order valence-electron chi connectivity index (χ4n) is 2.90. The topological polar surface area (TPSA) is 124 Å². The van der Waals surface area contributed by atoms with Gasteiger partial charge in [-0.3, -0.25) is 9.36 Å². The number of amides is 1. The monoisotopic (exact) mass is 488 g/mol. The van der Waals surface area contributed by atoms with Gasteiger partial charge < -0.3 is 15.2 Å². The van der Waals surface area contributed by atoms with Gasteiger partial charge in [-0.15, -0.1) is 5.10 Å². The summed E-state index contributed by atoms with van der Waals surface area (Å²) in [7, 11) is 0. The molecule has 0 saturated carbocycles. The lowest BCUT2D eigenvalue weighted by Gasteiger charge is -2.14. The Balaban J connectivity index is 2.12. The predicted molar refractivity (Wildman–Crippen MR) is 106 cm³/mol. The van der Waals surface area contributed by atoms with Gasteiger partial charge in [0, 0.05) is 12.7 Å². The van der Waals surface area contributed by atoms with E-state index in [1.165, 1.54) is 13.0 Å². The van der Waals surface area contributed by atoms with Crippen LogP contribution in [0.4, 0.5) is 27.6 Å². The summed E-state index contributed by atoms with van der Waals surface area (Å²) in [5, 5.41) is 15.2. The second-order valence-corrected chi connectivity index (χ2v) is 6.81. The van der Waals surface area contributed by atoms with Crippen LogP contribution in [-0.2, 0) is 13.2 Å². The van der Waals surface area contributed by atoms with Crippen molar-refractivity contribution in [3.63, 3.8) is 0 Å². The summed E-state index contributed by atoms with van der Waals surface area (Å²) >= 11 is 0. The number of nitrogens with one attached hydrogen (secondary N) is 1. The number of alkyl halides is 3. The van der Waals surface area contributed by atoms with Crippen molar-refractivity contribution in [2.24, 2.45) is 0 Å². The van der Waals surface area contributed by atoms with Gasteiger partial charge >= 0.3 is 11.9 Å². The summed E-state index contributed by atoms with van der Waals surface area (Å²) in [5.41, 5.74) is -1.90. The lowest BCUT2D eigenvalue weighted by molar-refractivity contribution is -0.154. The van der Waals surface area contributed by atoms with Crippen LogP contribution in [0.3, 0.4) is 0 Å². The zero-order valence-electron chi connectivity index (χ0n) is 17.7. The smallest absolute Gasteiger partial charge is 0.422 e. The van der Waals surface area contributed by atoms with Gasteiger partial charge in [0.15, 0.2) is 24.1 Å². The summed E-state index contributed by atoms with van der Waals surface area (Å²) in [6.07, 6.45) is -3.72. The molecule has 0 saturated heterocycles. The van der Waals surface area contributed by atoms with Gasteiger partial charge in [0.1, 0.15) is 12.2 Å². The quantitative estimate of drug-likeness (QED) is 0.386. The number of pyridine rings is 2. The Labute approximate surface area is 187 Å². The molecule has 15 heteroatoms. The molecule has 2 N–H and O–H groups in total. The molecule has 34 heavy (non-hydrogen) atoms. The molecular formula is C19H17F5N6O4. The molecule has 0 spiro atoms. The fourth-order valence-corrected chi connectivity index (χ4v) is 2.90. The van der Waals surface area contributed by atoms with Crippen molar-refractivity contribution in [3.8, 4) is 11.7 Å². The summed E-state index contributed by atoms with van der Waals surface area (Å²) in [5.74, 6) is -5.66. The Morgan fingerprint density at radius 1 is 1.29 bits per heavy atom. The van der Waals surface area contributed by atoms with Crippen LogP contribution in [0.25, 0.3) is 5.82 Å². The van der Waals surface area contributed by atoms with Gasteiger partial charge in [-0.05, 0) is 31.5 Å². The van der Waals surface area contributed by atoms with Gasteiger partial charge in [0.25, 0.3) is 5.91 Å². The Hall–Kier alpha value is -3.88. The Morgan fingerprint density at radius 3 is 2.56 bits per heavy atom. The maximum Gasteiger partial charge on any atom is 0.422 e. The number of nitrogens with zero attached hydrogens (tertiary/aromatic N) is 5. The van der Waals surface area contributed by atoms with E-state index in [-0.39, 0.29) is 23.6 Å². The van der Waals surface area contributed by atoms with Crippen LogP contribution < -0.4 is 15.7 Å². The highest BCUT2D eigenvalue weighted by Crippen LogP contribution is 2.26. The second-order valence-electron chi connectivity index (χ2n) is 6.81. The first-order valence-electron chi connectivity index (χ1n) is 9.59. The molecule has 0 radical (unpaired) electrons. The standard InChI is InChI=1S/C19H17F5N6O4/c1-3-29-12(7-31)28-30(18(29)33)15-11(20)6-10(17(27-15)34-8-19(22,23)24)16(32)26-13-9(2)4-5-25-14(13)21/h4-6,31H,3,7-8H2,1-2H3,(H,26,32). The molecule has 3 rings (SSSR count). The molecule has 0 aliphatic heterocycles. The Bertz CT molecular complexity index is 1270. The van der Waals surface area contributed by atoms with E-state index in [2.05, 4.69) is 25.1 Å². The minimum absolute atomic E-state index is 0.0459. The Kier molecular flexibility index (Phi) is 6.95. The average molecular weight is 488 g/mol. The number of carbonyl (C=O) groups is 1. The molecule has 1 amide bonds. The number of halogens is 5. The van der Waals surface area contributed by atoms with E-state index in [1.807, 2.05) is 0 Å². The number of carbonyl (C=O) groups excluding carboxylic acids is 1. The summed E-state index contributed by atoms with van der Waals surface area (Å²) < 4.78 is 73.1. The first kappa shape index (κ1) is 24.8. The molecule has 3 aromatic rings. The number of aliphatic hydroxyl groups is 1. The van der Waals surface area contributed by atoms with Crippen molar-refractivity contribution in [1.29, 1.82) is 0 Å². The lowest BCUT2D eigenvalue weighted by Crippen LogP contribution is -2.27. The normalized spacial score (nSPS) is 11.5. The van der Waals surface area contributed by atoms with Gasteiger partial charge in [-0.2, -0.15) is 27.2 Å². The van der Waals surface area contributed by atoms with Crippen molar-refractivity contribution in [3.05, 3.63) is 57.5 Å². The number of anilines is 1. The highest BCUT2D eigenvalue weighted by atomic mass is 19.4. The van der Waals surface area contributed by atoms with E-state index in [1.54, 1.807) is 6.92 Å². The van der Waals surface area contributed by atoms with Crippen LogP contribution in [0.2, 0.25) is 0 Å². The summed E-state index contributed by atoms with van der Waals surface area (Å²) in [4.78, 5) is 32.1. The molecule has 0 unspecified atom stereocenters. The first-order valence-corrected chi connectivity index (χ1v) is 9.59. The maximum atomic E-state index is 14.9. The number of hydrogen-bond acceptors (Lipinski definition) is 7. The van der Waals surface area contributed by atoms with Gasteiger partial charge in [-0.1, -0.05) is 0 Å². The largest absolute Gasteiger partial charge is 0.467 e. The van der Waals surface area contributed by atoms with E-state index in [4.69, 9.17) is 0 Å².